The summed E-state index contributed by atoms with van der Waals surface area (Å²) in [6.07, 6.45) is 0.551. The first kappa shape index (κ1) is 8.43. The summed E-state index contributed by atoms with van der Waals surface area (Å²) in [5.74, 6) is -0.556. The van der Waals surface area contributed by atoms with E-state index in [2.05, 4.69) is 0 Å². The summed E-state index contributed by atoms with van der Waals surface area (Å²) in [4.78, 5) is 10.1. The van der Waals surface area contributed by atoms with E-state index >= 15 is 0 Å². The molecule has 0 aliphatic heterocycles. The summed E-state index contributed by atoms with van der Waals surface area (Å²) in [6, 6.07) is -0.690. The summed E-state index contributed by atoms with van der Waals surface area (Å²) in [7, 11) is 0. The standard InChI is InChI=1S/C6H13NO2/c1-4(2)3-5(7)6(8)9/h4-5H,3,7H2,1-2H3,(H,8,9)/t5-/m0/s1/i3+1,7+1. The molecule has 0 aromatic heterocycles. The number of nitrogens with two attached hydrogens (primary N) is 1. The number of hydrogen-bond acceptors (Lipinski definition) is 2. The van der Waals surface area contributed by atoms with Crippen LogP contribution in [0.2, 0.25) is 0 Å². The number of carboxylic acid groups (broad SMARTS) is 1. The van der Waals surface area contributed by atoms with Gasteiger partial charge in [0.15, 0.2) is 0 Å². The maximum atomic E-state index is 10.1. The summed E-state index contributed by atoms with van der Waals surface area (Å²) in [5, 5.41) is 8.31. The molecule has 0 aliphatic carbocycles. The van der Waals surface area contributed by atoms with Crippen LogP contribution >= 0.6 is 0 Å². The molecule has 3 N–H and O–H groups in total. The zero-order chi connectivity index (χ0) is 7.44. The Balaban J connectivity index is 3.50. The van der Waals surface area contributed by atoms with E-state index in [1.165, 1.54) is 0 Å². The molecule has 0 radical (unpaired) electrons. The lowest BCUT2D eigenvalue weighted by Gasteiger charge is -2.07. The topological polar surface area (TPSA) is 63.3 Å². The fraction of sp³-hybridized carbons (Fsp3) is 0.833. The average molecular weight is 133 g/mol. The van der Waals surface area contributed by atoms with E-state index in [-0.39, 0.29) is 0 Å². The van der Waals surface area contributed by atoms with Crippen molar-refractivity contribution in [3.8, 4) is 0 Å². The van der Waals surface area contributed by atoms with Crippen LogP contribution in [0.1, 0.15) is 20.3 Å². The van der Waals surface area contributed by atoms with Gasteiger partial charge < -0.3 is 10.8 Å². The van der Waals surface area contributed by atoms with Crippen LogP contribution in [0.25, 0.3) is 0 Å². The van der Waals surface area contributed by atoms with E-state index in [0.29, 0.717) is 12.3 Å². The van der Waals surface area contributed by atoms with Gasteiger partial charge in [-0.15, -0.1) is 0 Å². The molecule has 9 heavy (non-hydrogen) atoms. The third kappa shape index (κ3) is 3.97. The zero-order valence-electron chi connectivity index (χ0n) is 5.79. The van der Waals surface area contributed by atoms with Crippen LogP contribution in [0.5, 0.6) is 0 Å². The number of hydrogen-bond donors (Lipinski definition) is 2. The van der Waals surface area contributed by atoms with Gasteiger partial charge in [-0.25, -0.2) is 0 Å². The molecule has 0 aromatic rings. The van der Waals surface area contributed by atoms with Gasteiger partial charge >= 0.3 is 5.97 Å². The molecular weight excluding hydrogens is 120 g/mol. The van der Waals surface area contributed by atoms with Crippen molar-refractivity contribution >= 4 is 5.97 Å². The Hall–Kier alpha value is -0.570. The molecule has 3 heteroatoms. The number of aliphatic carboxylic acids is 1. The van der Waals surface area contributed by atoms with Crippen LogP contribution in [-0.4, -0.2) is 17.1 Å². The van der Waals surface area contributed by atoms with E-state index in [1.54, 1.807) is 0 Å². The van der Waals surface area contributed by atoms with Crippen LogP contribution < -0.4 is 5.73 Å². The minimum absolute atomic E-state index is 0.357. The molecule has 0 bridgehead atoms. The lowest BCUT2D eigenvalue weighted by Crippen LogP contribution is -2.31. The van der Waals surface area contributed by atoms with Crippen molar-refractivity contribution in [1.29, 1.82) is 0 Å². The lowest BCUT2D eigenvalue weighted by atomic mass is 10.3. The van der Waals surface area contributed by atoms with Crippen molar-refractivity contribution in [2.75, 3.05) is 0 Å². The van der Waals surface area contributed by atoms with Crippen LogP contribution in [-0.2, 0) is 4.79 Å². The first-order valence-electron chi connectivity index (χ1n) is 3.02. The van der Waals surface area contributed by atoms with Crippen molar-refractivity contribution < 1.29 is 9.90 Å². The van der Waals surface area contributed by atoms with Crippen LogP contribution in [0.4, 0.5) is 0 Å². The Morgan fingerprint density at radius 1 is 1.67 bits per heavy atom. The highest BCUT2D eigenvalue weighted by Gasteiger charge is 2.11. The van der Waals surface area contributed by atoms with Crippen molar-refractivity contribution in [1.82, 2.24) is 0 Å². The first-order valence-corrected chi connectivity index (χ1v) is 3.02. The fourth-order valence-electron chi connectivity index (χ4n) is 0.609. The molecule has 0 amide bonds. The maximum absolute atomic E-state index is 10.1. The maximum Gasteiger partial charge on any atom is 0.320 e. The largest absolute Gasteiger partial charge is 0.480 e. The Labute approximate surface area is 54.9 Å². The molecule has 0 fully saturated rings. The van der Waals surface area contributed by atoms with E-state index in [0.717, 1.165) is 0 Å². The zero-order valence-corrected chi connectivity index (χ0v) is 5.79. The average Bonchev–Trinajstić information content (AvgIpc) is 1.63. The van der Waals surface area contributed by atoms with Crippen molar-refractivity contribution in [2.24, 2.45) is 11.7 Å². The molecule has 0 heterocycles. The van der Waals surface area contributed by atoms with Gasteiger partial charge in [0.25, 0.3) is 0 Å². The van der Waals surface area contributed by atoms with Gasteiger partial charge in [0.2, 0.25) is 0 Å². The molecule has 54 valence electrons. The highest BCUT2D eigenvalue weighted by atomic mass is 16.4. The van der Waals surface area contributed by atoms with E-state index in [1.807, 2.05) is 13.8 Å². The summed E-state index contributed by atoms with van der Waals surface area (Å²) in [5.41, 5.74) is 5.22. The second-order valence-electron chi connectivity index (χ2n) is 2.57. The van der Waals surface area contributed by atoms with Gasteiger partial charge in [0.1, 0.15) is 6.04 Å². The Bertz CT molecular complexity index is 101. The lowest BCUT2D eigenvalue weighted by molar-refractivity contribution is -0.138. The first-order chi connectivity index (χ1) is 4.04. The van der Waals surface area contributed by atoms with Gasteiger partial charge in [0.05, 0.1) is 0 Å². The highest BCUT2D eigenvalue weighted by molar-refractivity contribution is 5.72. The number of rotatable bonds is 3. The SMILES string of the molecule is CC(C)[13CH2][C@H]([15NH2])C(=O)O. The van der Waals surface area contributed by atoms with E-state index < -0.39 is 12.0 Å². The van der Waals surface area contributed by atoms with Crippen LogP contribution in [0.15, 0.2) is 0 Å². The number of carboxylic acids is 1. The minimum atomic E-state index is -0.913. The van der Waals surface area contributed by atoms with Crippen molar-refractivity contribution in [3.63, 3.8) is 0 Å². The Morgan fingerprint density at radius 2 is 2.11 bits per heavy atom. The molecule has 0 saturated heterocycles. The third-order valence-corrected chi connectivity index (χ3v) is 1.04. The van der Waals surface area contributed by atoms with Gasteiger partial charge in [-0.2, -0.15) is 0 Å². The summed E-state index contributed by atoms with van der Waals surface area (Å²) >= 11 is 0. The van der Waals surface area contributed by atoms with Gasteiger partial charge in [-0.05, 0) is 12.3 Å². The van der Waals surface area contributed by atoms with Crippen molar-refractivity contribution in [2.45, 2.75) is 26.3 Å². The highest BCUT2D eigenvalue weighted by Crippen LogP contribution is 2.01. The molecular formula is C6H13NO2. The van der Waals surface area contributed by atoms with Crippen LogP contribution in [0, 0.1) is 5.92 Å². The second-order valence-corrected chi connectivity index (χ2v) is 2.57. The molecule has 0 spiro atoms. The Kier molecular flexibility index (Phi) is 3.24. The van der Waals surface area contributed by atoms with E-state index in [4.69, 9.17) is 10.8 Å². The predicted molar refractivity (Wildman–Crippen MR) is 35.1 cm³/mol. The smallest absolute Gasteiger partial charge is 0.320 e. The van der Waals surface area contributed by atoms with E-state index in [9.17, 15) is 4.79 Å². The molecule has 0 unspecified atom stereocenters. The van der Waals surface area contributed by atoms with Gasteiger partial charge in [-0.1, -0.05) is 13.8 Å². The molecule has 0 aliphatic rings. The van der Waals surface area contributed by atoms with Gasteiger partial charge in [0, 0.05) is 0 Å². The fourth-order valence-corrected chi connectivity index (χ4v) is 0.609. The monoisotopic (exact) mass is 133 g/mol. The number of carbonyl (C=O) groups is 1. The van der Waals surface area contributed by atoms with Crippen molar-refractivity contribution in [3.05, 3.63) is 0 Å². The second kappa shape index (κ2) is 3.45. The molecule has 3 nitrogen and oxygen atoms in total. The van der Waals surface area contributed by atoms with Crippen LogP contribution in [0.3, 0.4) is 0 Å². The molecule has 0 aromatic carbocycles. The predicted octanol–water partition coefficient (Wildman–Crippen LogP) is 0.444. The molecule has 1 atom stereocenters. The minimum Gasteiger partial charge on any atom is -0.480 e. The normalized spacial score (nSPS) is 13.8. The molecule has 0 rings (SSSR count). The van der Waals surface area contributed by atoms with Gasteiger partial charge in [-0.3, -0.25) is 4.79 Å². The molecule has 0 saturated carbocycles. The summed E-state index contributed by atoms with van der Waals surface area (Å²) in [6.45, 7) is 3.89. The summed E-state index contributed by atoms with van der Waals surface area (Å²) < 4.78 is 0. The quantitative estimate of drug-likeness (QED) is 0.434. The Morgan fingerprint density at radius 3 is 2.22 bits per heavy atom. The third-order valence-electron chi connectivity index (χ3n) is 1.04.